The highest BCUT2D eigenvalue weighted by atomic mass is 16.3. The highest BCUT2D eigenvalue weighted by molar-refractivity contribution is 5.11. The number of hydrogen-bond donors (Lipinski definition) is 1. The van der Waals surface area contributed by atoms with Crippen molar-refractivity contribution in [2.75, 3.05) is 0 Å². The first kappa shape index (κ1) is 11.3. The van der Waals surface area contributed by atoms with Crippen molar-refractivity contribution >= 4 is 0 Å². The SMILES string of the molecule is Cc1cc(C(O)CC2CC3CCC2C3)nn1C. The van der Waals surface area contributed by atoms with Crippen molar-refractivity contribution in [1.29, 1.82) is 0 Å². The van der Waals surface area contributed by atoms with E-state index in [2.05, 4.69) is 5.10 Å². The number of aliphatic hydroxyl groups is 1. The topological polar surface area (TPSA) is 38.1 Å². The Balaban J connectivity index is 1.65. The maximum absolute atomic E-state index is 10.3. The van der Waals surface area contributed by atoms with E-state index in [9.17, 15) is 5.11 Å². The predicted octanol–water partition coefficient (Wildman–Crippen LogP) is 2.59. The number of aryl methyl sites for hydroxylation is 2. The average molecular weight is 234 g/mol. The molecule has 1 aromatic rings. The normalized spacial score (nSPS) is 33.2. The Kier molecular flexibility index (Phi) is 2.74. The summed E-state index contributed by atoms with van der Waals surface area (Å²) in [5, 5.41) is 14.7. The Hall–Kier alpha value is -0.830. The minimum absolute atomic E-state index is 0.362. The number of nitrogens with zero attached hydrogens (tertiary/aromatic N) is 2. The highest BCUT2D eigenvalue weighted by Crippen LogP contribution is 2.50. The van der Waals surface area contributed by atoms with Crippen LogP contribution in [0.2, 0.25) is 0 Å². The lowest BCUT2D eigenvalue weighted by molar-refractivity contribution is 0.121. The molecular formula is C14H22N2O. The molecule has 4 atom stereocenters. The molecule has 2 fully saturated rings. The average Bonchev–Trinajstić information content (AvgIpc) is 2.95. The summed E-state index contributed by atoms with van der Waals surface area (Å²) in [7, 11) is 1.93. The maximum atomic E-state index is 10.3. The Bertz CT molecular complexity index is 393. The summed E-state index contributed by atoms with van der Waals surface area (Å²) in [5.41, 5.74) is 1.97. The molecule has 0 saturated heterocycles. The standard InChI is InChI=1S/C14H22N2O/c1-9-5-13(15-16(9)2)14(17)8-12-7-10-3-4-11(12)6-10/h5,10-12,14,17H,3-4,6-8H2,1-2H3. The third-order valence-electron chi connectivity index (χ3n) is 4.88. The summed E-state index contributed by atoms with van der Waals surface area (Å²) in [6.07, 6.45) is 6.13. The number of rotatable bonds is 3. The Morgan fingerprint density at radius 1 is 1.47 bits per heavy atom. The van der Waals surface area contributed by atoms with Crippen molar-refractivity contribution in [3.63, 3.8) is 0 Å². The first-order valence-electron chi connectivity index (χ1n) is 6.82. The van der Waals surface area contributed by atoms with Crippen LogP contribution in [-0.4, -0.2) is 14.9 Å². The molecule has 3 rings (SSSR count). The van der Waals surface area contributed by atoms with E-state index in [0.29, 0.717) is 0 Å². The van der Waals surface area contributed by atoms with Gasteiger partial charge in [-0.1, -0.05) is 6.42 Å². The fourth-order valence-electron chi connectivity index (χ4n) is 3.82. The molecule has 17 heavy (non-hydrogen) atoms. The van der Waals surface area contributed by atoms with Crippen LogP contribution in [0.15, 0.2) is 6.07 Å². The second-order valence-corrected chi connectivity index (χ2v) is 6.02. The first-order chi connectivity index (χ1) is 8.13. The molecule has 0 spiro atoms. The van der Waals surface area contributed by atoms with E-state index in [1.54, 1.807) is 0 Å². The molecule has 2 saturated carbocycles. The van der Waals surface area contributed by atoms with Crippen LogP contribution in [0.1, 0.15) is 49.6 Å². The van der Waals surface area contributed by atoms with E-state index in [4.69, 9.17) is 0 Å². The van der Waals surface area contributed by atoms with Gasteiger partial charge in [-0.15, -0.1) is 0 Å². The lowest BCUT2D eigenvalue weighted by Gasteiger charge is -2.23. The second kappa shape index (κ2) is 4.13. The van der Waals surface area contributed by atoms with Crippen LogP contribution in [0.3, 0.4) is 0 Å². The van der Waals surface area contributed by atoms with E-state index >= 15 is 0 Å². The fourth-order valence-corrected chi connectivity index (χ4v) is 3.82. The number of fused-ring (bicyclic) bond motifs is 2. The number of hydrogen-bond acceptors (Lipinski definition) is 2. The van der Waals surface area contributed by atoms with E-state index in [1.165, 1.54) is 25.7 Å². The Morgan fingerprint density at radius 3 is 2.82 bits per heavy atom. The van der Waals surface area contributed by atoms with Gasteiger partial charge in [-0.3, -0.25) is 4.68 Å². The van der Waals surface area contributed by atoms with Crippen molar-refractivity contribution < 1.29 is 5.11 Å². The summed E-state index contributed by atoms with van der Waals surface area (Å²) in [6.45, 7) is 2.03. The van der Waals surface area contributed by atoms with Gasteiger partial charge >= 0.3 is 0 Å². The van der Waals surface area contributed by atoms with Crippen LogP contribution < -0.4 is 0 Å². The smallest absolute Gasteiger partial charge is 0.0981 e. The van der Waals surface area contributed by atoms with Gasteiger partial charge in [0.15, 0.2) is 0 Å². The third kappa shape index (κ3) is 2.01. The molecule has 0 aliphatic heterocycles. The summed E-state index contributed by atoms with van der Waals surface area (Å²) in [5.74, 6) is 2.59. The molecule has 1 aromatic heterocycles. The predicted molar refractivity (Wildman–Crippen MR) is 66.5 cm³/mol. The molecule has 2 bridgehead atoms. The van der Waals surface area contributed by atoms with Crippen molar-refractivity contribution in [3.05, 3.63) is 17.5 Å². The summed E-state index contributed by atoms with van der Waals surface area (Å²) < 4.78 is 1.85. The van der Waals surface area contributed by atoms with Gasteiger partial charge in [0.25, 0.3) is 0 Å². The van der Waals surface area contributed by atoms with Gasteiger partial charge in [0.05, 0.1) is 11.8 Å². The van der Waals surface area contributed by atoms with Gasteiger partial charge < -0.3 is 5.11 Å². The third-order valence-corrected chi connectivity index (χ3v) is 4.88. The van der Waals surface area contributed by atoms with Gasteiger partial charge in [0.1, 0.15) is 0 Å². The van der Waals surface area contributed by atoms with Gasteiger partial charge in [0.2, 0.25) is 0 Å². The van der Waals surface area contributed by atoms with Crippen LogP contribution in [-0.2, 0) is 7.05 Å². The summed E-state index contributed by atoms with van der Waals surface area (Å²) in [6, 6.07) is 2.01. The zero-order valence-electron chi connectivity index (χ0n) is 10.8. The monoisotopic (exact) mass is 234 g/mol. The summed E-state index contributed by atoms with van der Waals surface area (Å²) >= 11 is 0. The molecule has 94 valence electrons. The molecule has 2 aliphatic carbocycles. The molecule has 4 unspecified atom stereocenters. The van der Waals surface area contributed by atoms with Crippen LogP contribution in [0.5, 0.6) is 0 Å². The van der Waals surface area contributed by atoms with Crippen molar-refractivity contribution in [2.24, 2.45) is 24.8 Å². The van der Waals surface area contributed by atoms with Crippen LogP contribution in [0.4, 0.5) is 0 Å². The first-order valence-corrected chi connectivity index (χ1v) is 6.82. The van der Waals surface area contributed by atoms with Crippen molar-refractivity contribution in [1.82, 2.24) is 9.78 Å². The van der Waals surface area contributed by atoms with E-state index < -0.39 is 0 Å². The lowest BCUT2D eigenvalue weighted by Crippen LogP contribution is -2.14. The molecule has 0 aromatic carbocycles. The largest absolute Gasteiger partial charge is 0.387 e. The quantitative estimate of drug-likeness (QED) is 0.873. The second-order valence-electron chi connectivity index (χ2n) is 6.02. The van der Waals surface area contributed by atoms with Crippen LogP contribution in [0.25, 0.3) is 0 Å². The highest BCUT2D eigenvalue weighted by Gasteiger charge is 2.40. The van der Waals surface area contributed by atoms with Crippen molar-refractivity contribution in [3.8, 4) is 0 Å². The molecular weight excluding hydrogens is 212 g/mol. The lowest BCUT2D eigenvalue weighted by atomic mass is 9.84. The molecule has 3 heteroatoms. The molecule has 1 heterocycles. The zero-order valence-corrected chi connectivity index (χ0v) is 10.8. The molecule has 0 amide bonds. The van der Waals surface area contributed by atoms with E-state index in [-0.39, 0.29) is 6.10 Å². The molecule has 2 aliphatic rings. The van der Waals surface area contributed by atoms with Gasteiger partial charge in [0, 0.05) is 12.7 Å². The fraction of sp³-hybridized carbons (Fsp3) is 0.786. The van der Waals surface area contributed by atoms with Crippen molar-refractivity contribution in [2.45, 2.75) is 45.1 Å². The molecule has 1 N–H and O–H groups in total. The van der Waals surface area contributed by atoms with E-state index in [1.807, 2.05) is 24.7 Å². The maximum Gasteiger partial charge on any atom is 0.0981 e. The van der Waals surface area contributed by atoms with Crippen LogP contribution in [0, 0.1) is 24.7 Å². The van der Waals surface area contributed by atoms with Gasteiger partial charge in [-0.2, -0.15) is 5.10 Å². The van der Waals surface area contributed by atoms with Gasteiger partial charge in [-0.05, 0) is 56.4 Å². The number of aromatic nitrogens is 2. The number of aliphatic hydroxyl groups excluding tert-OH is 1. The molecule has 3 nitrogen and oxygen atoms in total. The Morgan fingerprint density at radius 2 is 2.29 bits per heavy atom. The summed E-state index contributed by atoms with van der Waals surface area (Å²) in [4.78, 5) is 0. The van der Waals surface area contributed by atoms with E-state index in [0.717, 1.165) is 35.6 Å². The van der Waals surface area contributed by atoms with Gasteiger partial charge in [-0.25, -0.2) is 0 Å². The zero-order chi connectivity index (χ0) is 12.0. The minimum atomic E-state index is -0.362. The minimum Gasteiger partial charge on any atom is -0.387 e. The Labute approximate surface area is 103 Å². The molecule has 0 radical (unpaired) electrons. The van der Waals surface area contributed by atoms with Crippen LogP contribution >= 0.6 is 0 Å².